The average molecular weight is 333 g/mol. The first-order valence-corrected chi connectivity index (χ1v) is 6.26. The third kappa shape index (κ3) is 4.84. The van der Waals surface area contributed by atoms with Gasteiger partial charge in [0.1, 0.15) is 5.82 Å². The highest BCUT2D eigenvalue weighted by molar-refractivity contribution is 5.85. The predicted octanol–water partition coefficient (Wildman–Crippen LogP) is 3.63. The van der Waals surface area contributed by atoms with Gasteiger partial charge >= 0.3 is 0 Å². The van der Waals surface area contributed by atoms with Crippen LogP contribution in [-0.4, -0.2) is 16.2 Å². The number of aliphatic hydroxyl groups is 1. The molecule has 3 N–H and O–H groups in total. The SMILES string of the molecule is CC(O)CCc1nccc(-c2ccccc2F)c1N.Cl.Cl. The van der Waals surface area contributed by atoms with Gasteiger partial charge in [-0.1, -0.05) is 18.2 Å². The van der Waals surface area contributed by atoms with Gasteiger partial charge in [-0.05, 0) is 31.9 Å². The molecular formula is C15H19Cl2FN2O. The van der Waals surface area contributed by atoms with Crippen LogP contribution in [0.2, 0.25) is 0 Å². The fourth-order valence-electron chi connectivity index (χ4n) is 1.98. The minimum absolute atomic E-state index is 0. The molecule has 1 heterocycles. The number of nitrogen functional groups attached to an aromatic ring is 1. The topological polar surface area (TPSA) is 59.1 Å². The maximum absolute atomic E-state index is 13.8. The molecule has 116 valence electrons. The molecule has 0 radical (unpaired) electrons. The molecule has 3 nitrogen and oxygen atoms in total. The first kappa shape index (κ1) is 19.6. The van der Waals surface area contributed by atoms with Crippen molar-refractivity contribution in [2.24, 2.45) is 0 Å². The summed E-state index contributed by atoms with van der Waals surface area (Å²) in [6.45, 7) is 1.72. The van der Waals surface area contributed by atoms with Gasteiger partial charge in [-0.2, -0.15) is 0 Å². The Hall–Kier alpha value is -1.36. The minimum Gasteiger partial charge on any atom is -0.397 e. The molecule has 1 aromatic carbocycles. The van der Waals surface area contributed by atoms with E-state index >= 15 is 0 Å². The van der Waals surface area contributed by atoms with Gasteiger partial charge in [-0.25, -0.2) is 4.39 Å². The van der Waals surface area contributed by atoms with Crippen LogP contribution < -0.4 is 5.73 Å². The van der Waals surface area contributed by atoms with Crippen molar-refractivity contribution >= 4 is 30.5 Å². The van der Waals surface area contributed by atoms with E-state index in [4.69, 9.17) is 5.73 Å². The van der Waals surface area contributed by atoms with Gasteiger partial charge in [0.25, 0.3) is 0 Å². The van der Waals surface area contributed by atoms with Crippen molar-refractivity contribution in [3.05, 3.63) is 48.0 Å². The van der Waals surface area contributed by atoms with Crippen LogP contribution in [0.25, 0.3) is 11.1 Å². The number of pyridine rings is 1. The molecule has 0 aliphatic carbocycles. The lowest BCUT2D eigenvalue weighted by molar-refractivity contribution is 0.184. The maximum atomic E-state index is 13.8. The van der Waals surface area contributed by atoms with E-state index in [1.54, 1.807) is 37.4 Å². The lowest BCUT2D eigenvalue weighted by atomic mass is 10.0. The number of nitrogens with two attached hydrogens (primary N) is 1. The average Bonchev–Trinajstić information content (AvgIpc) is 2.38. The Kier molecular flexibility index (Phi) is 8.25. The Morgan fingerprint density at radius 2 is 1.86 bits per heavy atom. The molecule has 6 heteroatoms. The molecule has 0 saturated carbocycles. The molecule has 2 rings (SSSR count). The Bertz CT molecular complexity index is 579. The number of aromatic nitrogens is 1. The summed E-state index contributed by atoms with van der Waals surface area (Å²) < 4.78 is 13.8. The molecule has 0 fully saturated rings. The first-order chi connectivity index (χ1) is 9.09. The molecule has 0 spiro atoms. The van der Waals surface area contributed by atoms with Gasteiger partial charge in [0, 0.05) is 17.3 Å². The normalized spacial score (nSPS) is 11.2. The monoisotopic (exact) mass is 332 g/mol. The zero-order valence-electron chi connectivity index (χ0n) is 11.6. The van der Waals surface area contributed by atoms with Crippen LogP contribution in [0.5, 0.6) is 0 Å². The van der Waals surface area contributed by atoms with E-state index < -0.39 is 6.10 Å². The zero-order valence-corrected chi connectivity index (χ0v) is 13.3. The highest BCUT2D eigenvalue weighted by atomic mass is 35.5. The number of halogens is 3. The van der Waals surface area contributed by atoms with E-state index in [1.807, 2.05) is 0 Å². The summed E-state index contributed by atoms with van der Waals surface area (Å²) in [5, 5.41) is 9.31. The number of anilines is 1. The van der Waals surface area contributed by atoms with E-state index in [0.717, 1.165) is 0 Å². The fraction of sp³-hybridized carbons (Fsp3) is 0.267. The number of aryl methyl sites for hydroxylation is 1. The Morgan fingerprint density at radius 3 is 2.48 bits per heavy atom. The molecule has 0 amide bonds. The highest BCUT2D eigenvalue weighted by Crippen LogP contribution is 2.29. The standard InChI is InChI=1S/C15H17FN2O.2ClH/c1-10(19)6-7-14-15(17)12(8-9-18-14)11-4-2-3-5-13(11)16;;/h2-5,8-10,19H,6-7,17H2,1H3;2*1H. The van der Waals surface area contributed by atoms with Gasteiger partial charge in [-0.15, -0.1) is 24.8 Å². The van der Waals surface area contributed by atoms with E-state index in [9.17, 15) is 9.50 Å². The lowest BCUT2D eigenvalue weighted by Gasteiger charge is -2.11. The summed E-state index contributed by atoms with van der Waals surface area (Å²) in [6.07, 6.45) is 2.37. The largest absolute Gasteiger partial charge is 0.397 e. The van der Waals surface area contributed by atoms with Crippen molar-refractivity contribution in [1.82, 2.24) is 4.98 Å². The molecule has 0 bridgehead atoms. The van der Waals surface area contributed by atoms with Gasteiger partial charge < -0.3 is 10.8 Å². The molecule has 0 aliphatic rings. The van der Waals surface area contributed by atoms with Crippen molar-refractivity contribution in [2.75, 3.05) is 5.73 Å². The van der Waals surface area contributed by atoms with E-state index in [0.29, 0.717) is 35.3 Å². The molecule has 21 heavy (non-hydrogen) atoms. The fourth-order valence-corrected chi connectivity index (χ4v) is 1.98. The maximum Gasteiger partial charge on any atom is 0.131 e. The number of hydrogen-bond acceptors (Lipinski definition) is 3. The second-order valence-corrected chi connectivity index (χ2v) is 4.59. The van der Waals surface area contributed by atoms with Crippen molar-refractivity contribution in [2.45, 2.75) is 25.9 Å². The summed E-state index contributed by atoms with van der Waals surface area (Å²) in [6, 6.07) is 8.22. The minimum atomic E-state index is -0.404. The number of hydrogen-bond donors (Lipinski definition) is 2. The van der Waals surface area contributed by atoms with Crippen molar-refractivity contribution < 1.29 is 9.50 Å². The van der Waals surface area contributed by atoms with Gasteiger partial charge in [-0.3, -0.25) is 4.98 Å². The molecule has 1 unspecified atom stereocenters. The zero-order chi connectivity index (χ0) is 13.8. The van der Waals surface area contributed by atoms with Crippen molar-refractivity contribution in [3.8, 4) is 11.1 Å². The van der Waals surface area contributed by atoms with E-state index in [2.05, 4.69) is 4.98 Å². The highest BCUT2D eigenvalue weighted by Gasteiger charge is 2.12. The quantitative estimate of drug-likeness (QED) is 0.898. The summed E-state index contributed by atoms with van der Waals surface area (Å²) in [7, 11) is 0. The number of rotatable bonds is 4. The van der Waals surface area contributed by atoms with Gasteiger partial charge in [0.15, 0.2) is 0 Å². The van der Waals surface area contributed by atoms with Gasteiger partial charge in [0.2, 0.25) is 0 Å². The second kappa shape index (κ2) is 8.82. The summed E-state index contributed by atoms with van der Waals surface area (Å²) in [5.41, 5.74) is 8.36. The smallest absolute Gasteiger partial charge is 0.131 e. The van der Waals surface area contributed by atoms with Crippen LogP contribution in [0.1, 0.15) is 19.0 Å². The molecule has 1 atom stereocenters. The van der Waals surface area contributed by atoms with Crippen LogP contribution in [0.4, 0.5) is 10.1 Å². The molecule has 0 aliphatic heterocycles. The molecule has 2 aromatic rings. The van der Waals surface area contributed by atoms with Crippen LogP contribution in [-0.2, 0) is 6.42 Å². The molecular weight excluding hydrogens is 314 g/mol. The first-order valence-electron chi connectivity index (χ1n) is 6.26. The van der Waals surface area contributed by atoms with Crippen LogP contribution in [0, 0.1) is 5.82 Å². The lowest BCUT2D eigenvalue weighted by Crippen LogP contribution is -2.06. The second-order valence-electron chi connectivity index (χ2n) is 4.59. The van der Waals surface area contributed by atoms with Gasteiger partial charge in [0.05, 0.1) is 17.5 Å². The summed E-state index contributed by atoms with van der Waals surface area (Å²) in [5.74, 6) is -0.304. The van der Waals surface area contributed by atoms with Crippen LogP contribution in [0.3, 0.4) is 0 Å². The third-order valence-corrected chi connectivity index (χ3v) is 3.04. The molecule has 1 aromatic heterocycles. The van der Waals surface area contributed by atoms with E-state index in [-0.39, 0.29) is 30.6 Å². The van der Waals surface area contributed by atoms with Crippen LogP contribution in [0.15, 0.2) is 36.5 Å². The van der Waals surface area contributed by atoms with Crippen LogP contribution >= 0.6 is 24.8 Å². The summed E-state index contributed by atoms with van der Waals surface area (Å²) in [4.78, 5) is 4.21. The number of aliphatic hydroxyl groups excluding tert-OH is 1. The summed E-state index contributed by atoms with van der Waals surface area (Å²) >= 11 is 0. The Morgan fingerprint density at radius 1 is 1.19 bits per heavy atom. The predicted molar refractivity (Wildman–Crippen MR) is 88.5 cm³/mol. The molecule has 0 saturated heterocycles. The van der Waals surface area contributed by atoms with Crippen molar-refractivity contribution in [1.29, 1.82) is 0 Å². The Balaban J connectivity index is 0.00000200. The van der Waals surface area contributed by atoms with Crippen molar-refractivity contribution in [3.63, 3.8) is 0 Å². The third-order valence-electron chi connectivity index (χ3n) is 3.04. The Labute approximate surface area is 136 Å². The number of nitrogens with zero attached hydrogens (tertiary/aromatic N) is 1. The van der Waals surface area contributed by atoms with E-state index in [1.165, 1.54) is 6.07 Å². The number of benzene rings is 1.